The molecule has 2 aliphatic rings. The minimum atomic E-state index is -3.22. The summed E-state index contributed by atoms with van der Waals surface area (Å²) in [5, 5.41) is 2.84. The van der Waals surface area contributed by atoms with Gasteiger partial charge in [-0.15, -0.1) is 0 Å². The molecule has 0 saturated carbocycles. The van der Waals surface area contributed by atoms with Gasteiger partial charge in [-0.25, -0.2) is 17.8 Å². The topological polar surface area (TPSA) is 105 Å². The van der Waals surface area contributed by atoms with Crippen molar-refractivity contribution in [3.8, 4) is 22.3 Å². The number of nitrogen functional groups attached to an aromatic ring is 1. The van der Waals surface area contributed by atoms with Crippen LogP contribution in [0.5, 0.6) is 0 Å². The van der Waals surface area contributed by atoms with E-state index in [1.165, 1.54) is 12.3 Å². The normalized spacial score (nSPS) is 18.0. The molecule has 37 heavy (non-hydrogen) atoms. The molecule has 3 heterocycles. The highest BCUT2D eigenvalue weighted by Crippen LogP contribution is 2.37. The van der Waals surface area contributed by atoms with Gasteiger partial charge in [-0.1, -0.05) is 12.1 Å². The predicted molar refractivity (Wildman–Crippen MR) is 145 cm³/mol. The Morgan fingerprint density at radius 1 is 1.08 bits per heavy atom. The minimum absolute atomic E-state index is 0.0308. The number of rotatable bonds is 5. The largest absolute Gasteiger partial charge is 0.383 e. The molecular formula is C28H31FN4O3S. The van der Waals surface area contributed by atoms with Crippen molar-refractivity contribution in [2.75, 3.05) is 36.5 Å². The molecule has 1 saturated heterocycles. The number of benzene rings is 2. The lowest BCUT2D eigenvalue weighted by atomic mass is 9.94. The fourth-order valence-electron chi connectivity index (χ4n) is 5.25. The number of hydrogen-bond donors (Lipinski definition) is 2. The highest BCUT2D eigenvalue weighted by molar-refractivity contribution is 7.92. The average Bonchev–Trinajstić information content (AvgIpc) is 3.35. The second kappa shape index (κ2) is 9.13. The van der Waals surface area contributed by atoms with Crippen LogP contribution in [0.4, 0.5) is 15.9 Å². The number of carbonyl (C=O) groups is 1. The van der Waals surface area contributed by atoms with E-state index in [1.54, 1.807) is 32.2 Å². The molecule has 7 nitrogen and oxygen atoms in total. The number of nitrogens with two attached hydrogens (primary N) is 1. The summed E-state index contributed by atoms with van der Waals surface area (Å²) in [6.07, 6.45) is 4.30. The van der Waals surface area contributed by atoms with Gasteiger partial charge in [0.25, 0.3) is 5.91 Å². The van der Waals surface area contributed by atoms with Crippen molar-refractivity contribution in [2.24, 2.45) is 5.92 Å². The van der Waals surface area contributed by atoms with E-state index >= 15 is 4.39 Å². The molecule has 2 aliphatic heterocycles. The lowest BCUT2D eigenvalue weighted by molar-refractivity contribution is 0.0946. The van der Waals surface area contributed by atoms with Crippen LogP contribution in [0.25, 0.3) is 22.3 Å². The van der Waals surface area contributed by atoms with Gasteiger partial charge in [-0.3, -0.25) is 4.79 Å². The number of pyridine rings is 1. The van der Waals surface area contributed by atoms with Crippen molar-refractivity contribution in [2.45, 2.75) is 31.4 Å². The molecule has 3 aromatic rings. The van der Waals surface area contributed by atoms with Crippen LogP contribution in [-0.4, -0.2) is 49.9 Å². The quantitative estimate of drug-likeness (QED) is 0.523. The molecule has 0 unspecified atom stereocenters. The molecule has 1 aromatic heterocycles. The molecule has 3 N–H and O–H groups in total. The first-order valence-electron chi connectivity index (χ1n) is 12.4. The van der Waals surface area contributed by atoms with E-state index in [2.05, 4.69) is 10.3 Å². The summed E-state index contributed by atoms with van der Waals surface area (Å²) >= 11 is 0. The van der Waals surface area contributed by atoms with E-state index in [0.717, 1.165) is 29.7 Å². The van der Waals surface area contributed by atoms with E-state index in [9.17, 15) is 13.2 Å². The highest BCUT2D eigenvalue weighted by atomic mass is 32.2. The molecule has 2 aromatic carbocycles. The summed E-state index contributed by atoms with van der Waals surface area (Å²) < 4.78 is 39.1. The number of sulfone groups is 1. The summed E-state index contributed by atoms with van der Waals surface area (Å²) in [6.45, 7) is 5.35. The van der Waals surface area contributed by atoms with Gasteiger partial charge >= 0.3 is 0 Å². The number of carbonyl (C=O) groups excluding carboxylic acids is 1. The van der Waals surface area contributed by atoms with Crippen LogP contribution in [0.1, 0.15) is 36.2 Å². The van der Waals surface area contributed by atoms with Crippen LogP contribution in [0.2, 0.25) is 0 Å². The van der Waals surface area contributed by atoms with Gasteiger partial charge in [0.2, 0.25) is 0 Å². The summed E-state index contributed by atoms with van der Waals surface area (Å²) in [5.41, 5.74) is 11.0. The van der Waals surface area contributed by atoms with Crippen LogP contribution >= 0.6 is 0 Å². The van der Waals surface area contributed by atoms with Gasteiger partial charge < -0.3 is 16.0 Å². The standard InChI is InChI=1S/C28H31FN4O3S/c1-28(2,37(3,35)36)20-9-11-33(16-20)21-5-7-22(25(29)14-21)19-13-24(26(30)32-15-19)17-4-6-23-18(12-17)8-10-31-27(23)34/h4-7,12-15,20H,8-11,16H2,1-3H3,(H2,30,32)(H,31,34)/t20-/m1/s1. The third-order valence-electron chi connectivity index (χ3n) is 8.02. The maximum Gasteiger partial charge on any atom is 0.251 e. The van der Waals surface area contributed by atoms with E-state index in [0.29, 0.717) is 47.7 Å². The van der Waals surface area contributed by atoms with Gasteiger partial charge in [-0.05, 0) is 74.1 Å². The molecule has 0 bridgehead atoms. The van der Waals surface area contributed by atoms with Gasteiger partial charge in [0.05, 0.1) is 4.75 Å². The predicted octanol–water partition coefficient (Wildman–Crippen LogP) is 4.07. The number of aromatic nitrogens is 1. The van der Waals surface area contributed by atoms with Crippen molar-refractivity contribution in [1.82, 2.24) is 10.3 Å². The zero-order chi connectivity index (χ0) is 26.5. The zero-order valence-corrected chi connectivity index (χ0v) is 22.0. The summed E-state index contributed by atoms with van der Waals surface area (Å²) in [5.74, 6) is -0.170. The molecule has 0 radical (unpaired) electrons. The molecule has 0 aliphatic carbocycles. The first kappa shape index (κ1) is 25.2. The number of halogens is 1. The van der Waals surface area contributed by atoms with E-state index in [4.69, 9.17) is 5.73 Å². The van der Waals surface area contributed by atoms with Crippen LogP contribution in [0.3, 0.4) is 0 Å². The lowest BCUT2D eigenvalue weighted by Gasteiger charge is -2.30. The fourth-order valence-corrected chi connectivity index (χ4v) is 6.05. The Kier molecular flexibility index (Phi) is 6.22. The van der Waals surface area contributed by atoms with Crippen LogP contribution < -0.4 is 16.0 Å². The molecule has 1 fully saturated rings. The molecular weight excluding hydrogens is 491 g/mol. The third-order valence-corrected chi connectivity index (χ3v) is 10.3. The second-order valence-corrected chi connectivity index (χ2v) is 13.1. The van der Waals surface area contributed by atoms with Crippen LogP contribution in [0.15, 0.2) is 48.7 Å². The first-order chi connectivity index (χ1) is 17.5. The maximum atomic E-state index is 15.4. The van der Waals surface area contributed by atoms with E-state index < -0.39 is 14.6 Å². The number of anilines is 2. The Morgan fingerprint density at radius 2 is 1.84 bits per heavy atom. The summed E-state index contributed by atoms with van der Waals surface area (Å²) in [7, 11) is -3.22. The van der Waals surface area contributed by atoms with Gasteiger partial charge in [-0.2, -0.15) is 0 Å². The maximum absolute atomic E-state index is 15.4. The fraction of sp³-hybridized carbons (Fsp3) is 0.357. The highest BCUT2D eigenvalue weighted by Gasteiger charge is 2.42. The average molecular weight is 523 g/mol. The molecule has 1 amide bonds. The van der Waals surface area contributed by atoms with Crippen molar-refractivity contribution in [3.63, 3.8) is 0 Å². The SMILES string of the molecule is CC(C)([C@@H]1CCN(c2ccc(-c3cnc(N)c(-c4ccc5c(c4)CCNC5=O)c3)c(F)c2)C1)S(C)(=O)=O. The molecule has 5 rings (SSSR count). The molecule has 9 heteroatoms. The Balaban J connectivity index is 1.42. The smallest absolute Gasteiger partial charge is 0.251 e. The minimum Gasteiger partial charge on any atom is -0.383 e. The molecule has 0 spiro atoms. The Morgan fingerprint density at radius 3 is 2.57 bits per heavy atom. The van der Waals surface area contributed by atoms with Crippen molar-refractivity contribution < 1.29 is 17.6 Å². The first-order valence-corrected chi connectivity index (χ1v) is 14.3. The number of fused-ring (bicyclic) bond motifs is 1. The Labute approximate surface area is 216 Å². The van der Waals surface area contributed by atoms with Gasteiger partial charge in [0, 0.05) is 60.0 Å². The van der Waals surface area contributed by atoms with Crippen LogP contribution in [-0.2, 0) is 16.3 Å². The van der Waals surface area contributed by atoms with Gasteiger partial charge in [0.15, 0.2) is 9.84 Å². The number of nitrogens with zero attached hydrogens (tertiary/aromatic N) is 2. The zero-order valence-electron chi connectivity index (χ0n) is 21.2. The monoisotopic (exact) mass is 522 g/mol. The number of nitrogens with one attached hydrogen (secondary N) is 1. The Hall–Kier alpha value is -3.46. The molecule has 194 valence electrons. The van der Waals surface area contributed by atoms with Crippen molar-refractivity contribution >= 4 is 27.2 Å². The van der Waals surface area contributed by atoms with Crippen molar-refractivity contribution in [3.05, 3.63) is 65.6 Å². The second-order valence-electron chi connectivity index (χ2n) is 10.5. The summed E-state index contributed by atoms with van der Waals surface area (Å²) in [4.78, 5) is 18.5. The van der Waals surface area contributed by atoms with Crippen LogP contribution in [0, 0.1) is 11.7 Å². The van der Waals surface area contributed by atoms with E-state index in [-0.39, 0.29) is 17.6 Å². The third kappa shape index (κ3) is 4.56. The summed E-state index contributed by atoms with van der Waals surface area (Å²) in [6, 6.07) is 12.5. The van der Waals surface area contributed by atoms with E-state index in [1.807, 2.05) is 29.2 Å². The Bertz CT molecular complexity index is 1500. The molecule has 1 atom stereocenters. The number of amides is 1. The lowest BCUT2D eigenvalue weighted by Crippen LogP contribution is -2.40. The van der Waals surface area contributed by atoms with Gasteiger partial charge in [0.1, 0.15) is 11.6 Å². The van der Waals surface area contributed by atoms with Crippen molar-refractivity contribution in [1.29, 1.82) is 0 Å². The number of hydrogen-bond acceptors (Lipinski definition) is 6.